The molecule has 0 saturated carbocycles. The summed E-state index contributed by atoms with van der Waals surface area (Å²) in [7, 11) is 0. The van der Waals surface area contributed by atoms with Crippen molar-refractivity contribution in [1.82, 2.24) is 9.88 Å². The number of fused-ring (bicyclic) bond motifs is 1. The molecule has 0 fully saturated rings. The van der Waals surface area contributed by atoms with Gasteiger partial charge in [0.1, 0.15) is 0 Å². The quantitative estimate of drug-likeness (QED) is 0.590. The molecule has 0 spiro atoms. The number of carbonyl (C=O) groups is 1. The monoisotopic (exact) mass is 405 g/mol. The Morgan fingerprint density at radius 2 is 1.83 bits per heavy atom. The first-order valence-corrected chi connectivity index (χ1v) is 10.9. The summed E-state index contributed by atoms with van der Waals surface area (Å²) in [5, 5.41) is 2.84. The highest BCUT2D eigenvalue weighted by atomic mass is 32.1. The van der Waals surface area contributed by atoms with E-state index in [0.717, 1.165) is 53.7 Å². The summed E-state index contributed by atoms with van der Waals surface area (Å²) in [6, 6.07) is 12.9. The molecule has 1 amide bonds. The SMILES string of the molecule is CC(=O)N(c1nc(CN2CCc3ccccc3C2)cs1)c1c(C)cc(C)cc1C. The van der Waals surface area contributed by atoms with E-state index in [-0.39, 0.29) is 5.91 Å². The van der Waals surface area contributed by atoms with Crippen LogP contribution in [0.1, 0.15) is 40.4 Å². The van der Waals surface area contributed by atoms with Gasteiger partial charge in [0, 0.05) is 31.9 Å². The van der Waals surface area contributed by atoms with Crippen LogP contribution in [-0.2, 0) is 24.3 Å². The van der Waals surface area contributed by atoms with Gasteiger partial charge in [0.15, 0.2) is 5.13 Å². The Hall–Kier alpha value is -2.50. The second kappa shape index (κ2) is 8.09. The first-order chi connectivity index (χ1) is 13.9. The Labute approximate surface area is 176 Å². The van der Waals surface area contributed by atoms with Crippen molar-refractivity contribution < 1.29 is 4.79 Å². The Morgan fingerprint density at radius 3 is 2.52 bits per heavy atom. The van der Waals surface area contributed by atoms with Crippen molar-refractivity contribution in [3.05, 3.63) is 75.3 Å². The number of rotatable bonds is 4. The van der Waals surface area contributed by atoms with Gasteiger partial charge in [-0.2, -0.15) is 0 Å². The van der Waals surface area contributed by atoms with Crippen molar-refractivity contribution in [3.63, 3.8) is 0 Å². The van der Waals surface area contributed by atoms with Crippen molar-refractivity contribution in [3.8, 4) is 0 Å². The molecule has 0 radical (unpaired) electrons. The highest BCUT2D eigenvalue weighted by molar-refractivity contribution is 7.14. The number of thiazole rings is 1. The van der Waals surface area contributed by atoms with Gasteiger partial charge in [-0.05, 0) is 49.4 Å². The van der Waals surface area contributed by atoms with Crippen LogP contribution in [0.2, 0.25) is 0 Å². The highest BCUT2D eigenvalue weighted by Gasteiger charge is 2.23. The van der Waals surface area contributed by atoms with Crippen LogP contribution in [-0.4, -0.2) is 22.3 Å². The summed E-state index contributed by atoms with van der Waals surface area (Å²) in [5.74, 6) is -0.00662. The zero-order valence-corrected chi connectivity index (χ0v) is 18.3. The van der Waals surface area contributed by atoms with Gasteiger partial charge >= 0.3 is 0 Å². The molecule has 29 heavy (non-hydrogen) atoms. The first kappa shape index (κ1) is 19.8. The van der Waals surface area contributed by atoms with Crippen LogP contribution in [0.3, 0.4) is 0 Å². The van der Waals surface area contributed by atoms with Crippen LogP contribution in [0.25, 0.3) is 0 Å². The molecule has 0 bridgehead atoms. The van der Waals surface area contributed by atoms with Crippen LogP contribution in [0.5, 0.6) is 0 Å². The van der Waals surface area contributed by atoms with Gasteiger partial charge in [-0.25, -0.2) is 4.98 Å². The third kappa shape index (κ3) is 4.11. The van der Waals surface area contributed by atoms with Gasteiger partial charge in [-0.1, -0.05) is 42.0 Å². The Morgan fingerprint density at radius 1 is 1.14 bits per heavy atom. The van der Waals surface area contributed by atoms with Crippen LogP contribution in [0.4, 0.5) is 10.8 Å². The summed E-state index contributed by atoms with van der Waals surface area (Å²) in [6.07, 6.45) is 1.08. The third-order valence-electron chi connectivity index (χ3n) is 5.50. The first-order valence-electron chi connectivity index (χ1n) is 10.0. The lowest BCUT2D eigenvalue weighted by Crippen LogP contribution is -2.30. The summed E-state index contributed by atoms with van der Waals surface area (Å²) in [4.78, 5) is 21.6. The van der Waals surface area contributed by atoms with E-state index >= 15 is 0 Å². The summed E-state index contributed by atoms with van der Waals surface area (Å²) >= 11 is 1.54. The fourth-order valence-electron chi connectivity index (χ4n) is 4.30. The molecular weight excluding hydrogens is 378 g/mol. The van der Waals surface area contributed by atoms with Gasteiger partial charge in [-0.3, -0.25) is 14.6 Å². The zero-order valence-electron chi connectivity index (χ0n) is 17.5. The predicted octanol–water partition coefficient (Wildman–Crippen LogP) is 5.31. The second-order valence-electron chi connectivity index (χ2n) is 7.95. The van der Waals surface area contributed by atoms with Gasteiger partial charge < -0.3 is 0 Å². The van der Waals surface area contributed by atoms with E-state index in [0.29, 0.717) is 0 Å². The Kier molecular flexibility index (Phi) is 5.52. The maximum atomic E-state index is 12.6. The molecule has 1 aliphatic rings. The maximum absolute atomic E-state index is 12.6. The van der Waals surface area contributed by atoms with Gasteiger partial charge in [0.2, 0.25) is 5.91 Å². The van der Waals surface area contributed by atoms with E-state index in [4.69, 9.17) is 4.98 Å². The molecule has 4 rings (SSSR count). The number of aromatic nitrogens is 1. The van der Waals surface area contributed by atoms with Crippen molar-refractivity contribution in [2.24, 2.45) is 0 Å². The normalized spacial score (nSPS) is 13.9. The van der Waals surface area contributed by atoms with E-state index in [2.05, 4.69) is 67.4 Å². The number of benzene rings is 2. The lowest BCUT2D eigenvalue weighted by Gasteiger charge is -2.28. The average molecular weight is 406 g/mol. The number of nitrogens with zero attached hydrogens (tertiary/aromatic N) is 3. The molecule has 0 N–H and O–H groups in total. The molecule has 0 saturated heterocycles. The molecule has 150 valence electrons. The highest BCUT2D eigenvalue weighted by Crippen LogP contribution is 2.35. The lowest BCUT2D eigenvalue weighted by atomic mass is 10.00. The number of carbonyl (C=O) groups excluding carboxylic acids is 1. The van der Waals surface area contributed by atoms with E-state index in [9.17, 15) is 4.79 Å². The topological polar surface area (TPSA) is 36.4 Å². The average Bonchev–Trinajstić information content (AvgIpc) is 3.12. The molecule has 3 aromatic rings. The van der Waals surface area contributed by atoms with Gasteiger partial charge in [0.25, 0.3) is 0 Å². The Bertz CT molecular complexity index is 1030. The third-order valence-corrected chi connectivity index (χ3v) is 6.37. The van der Waals surface area contributed by atoms with Crippen molar-refractivity contribution in [2.45, 2.75) is 47.2 Å². The van der Waals surface area contributed by atoms with Crippen molar-refractivity contribution in [2.75, 3.05) is 11.4 Å². The molecule has 1 aromatic heterocycles. The Balaban J connectivity index is 1.57. The summed E-state index contributed by atoms with van der Waals surface area (Å²) in [6.45, 7) is 10.6. The van der Waals surface area contributed by atoms with Crippen LogP contribution in [0.15, 0.2) is 41.8 Å². The molecule has 2 aromatic carbocycles. The fourth-order valence-corrected chi connectivity index (χ4v) is 5.17. The largest absolute Gasteiger partial charge is 0.293 e. The predicted molar refractivity (Wildman–Crippen MR) is 120 cm³/mol. The fraction of sp³-hybridized carbons (Fsp3) is 0.333. The number of hydrogen-bond donors (Lipinski definition) is 0. The molecule has 4 nitrogen and oxygen atoms in total. The van der Waals surface area contributed by atoms with E-state index < -0.39 is 0 Å². The molecule has 5 heteroatoms. The minimum Gasteiger partial charge on any atom is -0.293 e. The summed E-state index contributed by atoms with van der Waals surface area (Å²) < 4.78 is 0. The van der Waals surface area contributed by atoms with Crippen LogP contribution in [0, 0.1) is 20.8 Å². The molecule has 0 atom stereocenters. The number of anilines is 2. The number of aryl methyl sites for hydroxylation is 3. The molecular formula is C24H27N3OS. The standard InChI is InChI=1S/C24H27N3OS/c1-16-11-17(2)23(18(3)12-16)27(19(4)28)24-25-22(15-29-24)14-26-10-9-20-7-5-6-8-21(20)13-26/h5-8,11-12,15H,9-10,13-14H2,1-4H3. The number of amides is 1. The van der Waals surface area contributed by atoms with Gasteiger partial charge in [0.05, 0.1) is 11.4 Å². The maximum Gasteiger partial charge on any atom is 0.230 e. The lowest BCUT2D eigenvalue weighted by molar-refractivity contribution is -0.115. The minimum atomic E-state index is -0.00662. The van der Waals surface area contributed by atoms with Crippen molar-refractivity contribution in [1.29, 1.82) is 0 Å². The molecule has 1 aliphatic heterocycles. The van der Waals surface area contributed by atoms with Crippen LogP contribution >= 0.6 is 11.3 Å². The van der Waals surface area contributed by atoms with Crippen molar-refractivity contribution >= 4 is 28.1 Å². The summed E-state index contributed by atoms with van der Waals surface area (Å²) in [5.41, 5.74) is 8.25. The smallest absolute Gasteiger partial charge is 0.230 e. The molecule has 0 aliphatic carbocycles. The van der Waals surface area contributed by atoms with E-state index in [1.54, 1.807) is 23.2 Å². The minimum absolute atomic E-state index is 0.00662. The molecule has 2 heterocycles. The van der Waals surface area contributed by atoms with Gasteiger partial charge in [-0.15, -0.1) is 11.3 Å². The van der Waals surface area contributed by atoms with Crippen LogP contribution < -0.4 is 4.90 Å². The molecule has 0 unspecified atom stereocenters. The van der Waals surface area contributed by atoms with E-state index in [1.165, 1.54) is 16.7 Å². The second-order valence-corrected chi connectivity index (χ2v) is 8.79. The number of hydrogen-bond acceptors (Lipinski definition) is 4. The zero-order chi connectivity index (χ0) is 20.5. The van der Waals surface area contributed by atoms with E-state index in [1.807, 2.05) is 0 Å².